The summed E-state index contributed by atoms with van der Waals surface area (Å²) in [5.74, 6) is -0.444. The Morgan fingerprint density at radius 1 is 1.29 bits per heavy atom. The van der Waals surface area contributed by atoms with Gasteiger partial charge in [0.15, 0.2) is 0 Å². The Morgan fingerprint density at radius 3 is 2.82 bits per heavy atom. The fourth-order valence-electron chi connectivity index (χ4n) is 1.74. The number of thiophene rings is 1. The first-order valence-corrected chi connectivity index (χ1v) is 6.01. The Hall–Kier alpha value is -1.59. The van der Waals surface area contributed by atoms with E-state index in [1.54, 1.807) is 24.3 Å². The van der Waals surface area contributed by atoms with Crippen LogP contribution in [0.15, 0.2) is 35.1 Å². The van der Waals surface area contributed by atoms with Gasteiger partial charge in [0.25, 0.3) is 0 Å². The second kappa shape index (κ2) is 3.72. The van der Waals surface area contributed by atoms with E-state index in [1.165, 1.54) is 22.0 Å². The van der Waals surface area contributed by atoms with Crippen LogP contribution in [0.5, 0.6) is 0 Å². The Balaban J connectivity index is 2.40. The van der Waals surface area contributed by atoms with Crippen molar-refractivity contribution in [3.63, 3.8) is 0 Å². The van der Waals surface area contributed by atoms with Gasteiger partial charge in [-0.1, -0.05) is 17.7 Å². The van der Waals surface area contributed by atoms with E-state index in [0.29, 0.717) is 14.9 Å². The molecule has 2 heterocycles. The number of imidazole rings is 1. The molecule has 0 amide bonds. The number of hydrogen-bond donors (Lipinski definition) is 1. The number of rotatable bonds is 1. The summed E-state index contributed by atoms with van der Waals surface area (Å²) in [7, 11) is 0. The van der Waals surface area contributed by atoms with Crippen molar-refractivity contribution in [1.82, 2.24) is 9.55 Å². The molecule has 17 heavy (non-hydrogen) atoms. The summed E-state index contributed by atoms with van der Waals surface area (Å²) in [5.41, 5.74) is 0.346. The predicted octanol–water partition coefficient (Wildman–Crippen LogP) is 3.17. The number of hydrogen-bond acceptors (Lipinski definition) is 2. The minimum Gasteiger partial charge on any atom is -0.303 e. The van der Waals surface area contributed by atoms with E-state index in [2.05, 4.69) is 4.98 Å². The van der Waals surface area contributed by atoms with E-state index in [-0.39, 0.29) is 11.2 Å². The molecule has 3 rings (SSSR count). The molecule has 0 aliphatic rings. The first-order valence-electron chi connectivity index (χ1n) is 4.82. The van der Waals surface area contributed by atoms with Crippen LogP contribution in [0.2, 0.25) is 4.34 Å². The molecule has 6 heteroatoms. The summed E-state index contributed by atoms with van der Waals surface area (Å²) in [6, 6.07) is 7.99. The number of fused-ring (bicyclic) bond motifs is 1. The lowest BCUT2D eigenvalue weighted by molar-refractivity contribution is 0.637. The van der Waals surface area contributed by atoms with Crippen molar-refractivity contribution in [3.8, 4) is 5.00 Å². The minimum absolute atomic E-state index is 0.210. The zero-order chi connectivity index (χ0) is 12.0. The highest BCUT2D eigenvalue weighted by Gasteiger charge is 2.12. The topological polar surface area (TPSA) is 37.8 Å². The van der Waals surface area contributed by atoms with Crippen LogP contribution in [0.25, 0.3) is 16.0 Å². The van der Waals surface area contributed by atoms with E-state index < -0.39 is 5.82 Å². The molecule has 0 atom stereocenters. The zero-order valence-electron chi connectivity index (χ0n) is 8.41. The summed E-state index contributed by atoms with van der Waals surface area (Å²) in [5, 5.41) is 0.664. The predicted molar refractivity (Wildman–Crippen MR) is 66.7 cm³/mol. The van der Waals surface area contributed by atoms with Gasteiger partial charge in [-0.05, 0) is 24.3 Å². The van der Waals surface area contributed by atoms with Gasteiger partial charge >= 0.3 is 5.69 Å². The molecular weight excluding hydrogens is 263 g/mol. The van der Waals surface area contributed by atoms with Gasteiger partial charge in [-0.15, -0.1) is 11.3 Å². The Kier molecular flexibility index (Phi) is 2.31. The van der Waals surface area contributed by atoms with Crippen molar-refractivity contribution in [2.45, 2.75) is 0 Å². The number of nitrogens with zero attached hydrogens (tertiary/aromatic N) is 1. The quantitative estimate of drug-likeness (QED) is 0.723. The van der Waals surface area contributed by atoms with Gasteiger partial charge < -0.3 is 4.98 Å². The molecule has 1 aromatic carbocycles. The number of aromatic nitrogens is 2. The second-order valence-corrected chi connectivity index (χ2v) is 5.17. The number of aromatic amines is 1. The average molecular weight is 269 g/mol. The first-order chi connectivity index (χ1) is 8.16. The molecule has 0 saturated heterocycles. The highest BCUT2D eigenvalue weighted by atomic mass is 35.5. The number of nitrogens with one attached hydrogen (secondary N) is 1. The molecular formula is C11H6ClFN2OS. The fraction of sp³-hybridized carbons (Fsp3) is 0. The highest BCUT2D eigenvalue weighted by Crippen LogP contribution is 2.26. The Bertz CT molecular complexity index is 758. The molecule has 0 fully saturated rings. The third-order valence-electron chi connectivity index (χ3n) is 2.45. The SMILES string of the molecule is O=c1[nH]c2c(F)cccc2n1-c1ccc(Cl)s1. The summed E-state index contributed by atoms with van der Waals surface area (Å²) in [6.45, 7) is 0. The van der Waals surface area contributed by atoms with Crippen molar-refractivity contribution < 1.29 is 4.39 Å². The highest BCUT2D eigenvalue weighted by molar-refractivity contribution is 7.18. The lowest BCUT2D eigenvalue weighted by Gasteiger charge is -1.98. The summed E-state index contributed by atoms with van der Waals surface area (Å²) in [6.07, 6.45) is 0. The molecule has 1 N–H and O–H groups in total. The molecule has 86 valence electrons. The number of halogens is 2. The van der Waals surface area contributed by atoms with E-state index in [0.717, 1.165) is 0 Å². The van der Waals surface area contributed by atoms with Crippen molar-refractivity contribution in [1.29, 1.82) is 0 Å². The number of para-hydroxylation sites is 1. The van der Waals surface area contributed by atoms with E-state index in [9.17, 15) is 9.18 Å². The zero-order valence-corrected chi connectivity index (χ0v) is 9.98. The van der Waals surface area contributed by atoms with Gasteiger partial charge in [0.2, 0.25) is 0 Å². The van der Waals surface area contributed by atoms with Crippen molar-refractivity contribution >= 4 is 34.0 Å². The van der Waals surface area contributed by atoms with Gasteiger partial charge in [-0.25, -0.2) is 9.18 Å². The second-order valence-electron chi connectivity index (χ2n) is 3.48. The third-order valence-corrected chi connectivity index (χ3v) is 3.66. The molecule has 0 saturated carbocycles. The first kappa shape index (κ1) is 10.6. The van der Waals surface area contributed by atoms with E-state index in [1.807, 2.05) is 0 Å². The largest absolute Gasteiger partial charge is 0.331 e. The van der Waals surface area contributed by atoms with Gasteiger partial charge in [-0.2, -0.15) is 0 Å². The lowest BCUT2D eigenvalue weighted by Crippen LogP contribution is -2.13. The van der Waals surface area contributed by atoms with Crippen LogP contribution in [0.4, 0.5) is 4.39 Å². The standard InChI is InChI=1S/C11H6ClFN2OS/c12-8-4-5-9(17-8)15-7-3-1-2-6(13)10(7)14-11(15)16/h1-5H,(H,14,16). The molecule has 0 aliphatic carbocycles. The summed E-state index contributed by atoms with van der Waals surface area (Å²) in [4.78, 5) is 14.3. The maximum Gasteiger partial charge on any atom is 0.331 e. The van der Waals surface area contributed by atoms with Crippen LogP contribution < -0.4 is 5.69 Å². The van der Waals surface area contributed by atoms with Crippen LogP contribution in [0.3, 0.4) is 0 Å². The maximum absolute atomic E-state index is 13.5. The van der Waals surface area contributed by atoms with E-state index in [4.69, 9.17) is 11.6 Å². The molecule has 2 aromatic heterocycles. The molecule has 0 unspecified atom stereocenters. The van der Waals surface area contributed by atoms with Crippen LogP contribution in [-0.4, -0.2) is 9.55 Å². The summed E-state index contributed by atoms with van der Waals surface area (Å²) >= 11 is 7.10. The Morgan fingerprint density at radius 2 is 2.12 bits per heavy atom. The van der Waals surface area contributed by atoms with Crippen LogP contribution in [0, 0.1) is 5.82 Å². The van der Waals surface area contributed by atoms with Crippen LogP contribution in [0.1, 0.15) is 0 Å². The van der Waals surface area contributed by atoms with E-state index >= 15 is 0 Å². The fourth-order valence-corrected chi connectivity index (χ4v) is 2.78. The lowest BCUT2D eigenvalue weighted by atomic mass is 10.3. The third kappa shape index (κ3) is 1.59. The molecule has 0 aliphatic heterocycles. The smallest absolute Gasteiger partial charge is 0.303 e. The van der Waals surface area contributed by atoms with Gasteiger partial charge in [0.05, 0.1) is 9.85 Å². The molecule has 0 spiro atoms. The normalized spacial score (nSPS) is 11.2. The Labute approximate surface area is 104 Å². The average Bonchev–Trinajstić information content (AvgIpc) is 2.82. The van der Waals surface area contributed by atoms with Crippen LogP contribution in [-0.2, 0) is 0 Å². The van der Waals surface area contributed by atoms with Crippen molar-refractivity contribution in [2.24, 2.45) is 0 Å². The van der Waals surface area contributed by atoms with Crippen molar-refractivity contribution in [3.05, 3.63) is 51.0 Å². The molecule has 0 bridgehead atoms. The molecule has 3 nitrogen and oxygen atoms in total. The molecule has 0 radical (unpaired) electrons. The van der Waals surface area contributed by atoms with Gasteiger partial charge in [-0.3, -0.25) is 4.57 Å². The van der Waals surface area contributed by atoms with Crippen molar-refractivity contribution in [2.75, 3.05) is 0 Å². The van der Waals surface area contributed by atoms with Crippen LogP contribution >= 0.6 is 22.9 Å². The number of benzene rings is 1. The molecule has 3 aromatic rings. The minimum atomic E-state index is -0.444. The monoisotopic (exact) mass is 268 g/mol. The van der Waals surface area contributed by atoms with Gasteiger partial charge in [0, 0.05) is 0 Å². The summed E-state index contributed by atoms with van der Waals surface area (Å²) < 4.78 is 15.5. The number of H-pyrrole nitrogens is 1. The van der Waals surface area contributed by atoms with Gasteiger partial charge in [0.1, 0.15) is 16.3 Å². The maximum atomic E-state index is 13.5.